The predicted molar refractivity (Wildman–Crippen MR) is 66.4 cm³/mol. The Morgan fingerprint density at radius 2 is 2.06 bits per heavy atom. The van der Waals surface area contributed by atoms with Crippen LogP contribution in [0.25, 0.3) is 11.1 Å². The van der Waals surface area contributed by atoms with Crippen molar-refractivity contribution in [3.05, 3.63) is 53.3 Å². The summed E-state index contributed by atoms with van der Waals surface area (Å²) in [6, 6.07) is 8.87. The molecular formula is C15H15N. The van der Waals surface area contributed by atoms with Crippen LogP contribution in [0.15, 0.2) is 36.7 Å². The van der Waals surface area contributed by atoms with E-state index in [1.807, 2.05) is 12.4 Å². The minimum atomic E-state index is 1.22. The zero-order valence-corrected chi connectivity index (χ0v) is 9.53. The Labute approximate surface area is 96.2 Å². The number of rotatable bonds is 1. The number of pyridine rings is 1. The van der Waals surface area contributed by atoms with Crippen molar-refractivity contribution in [3.8, 4) is 11.1 Å². The van der Waals surface area contributed by atoms with E-state index in [1.165, 1.54) is 47.1 Å². The highest BCUT2D eigenvalue weighted by atomic mass is 14.6. The molecule has 1 heterocycles. The summed E-state index contributed by atoms with van der Waals surface area (Å²) in [5.41, 5.74) is 6.94. The number of benzene rings is 1. The molecule has 0 spiro atoms. The second-order valence-electron chi connectivity index (χ2n) is 4.55. The van der Waals surface area contributed by atoms with E-state index >= 15 is 0 Å². The fraction of sp³-hybridized carbons (Fsp3) is 0.267. The van der Waals surface area contributed by atoms with E-state index in [0.717, 1.165) is 0 Å². The largest absolute Gasteiger partial charge is 0.264 e. The first kappa shape index (κ1) is 9.59. The summed E-state index contributed by atoms with van der Waals surface area (Å²) in [5, 5.41) is 0. The Balaban J connectivity index is 2.17. The van der Waals surface area contributed by atoms with Gasteiger partial charge in [-0.2, -0.15) is 0 Å². The Bertz CT molecular complexity index is 529. The van der Waals surface area contributed by atoms with E-state index < -0.39 is 0 Å². The molecule has 0 saturated heterocycles. The Morgan fingerprint density at radius 1 is 1.12 bits per heavy atom. The summed E-state index contributed by atoms with van der Waals surface area (Å²) in [6.45, 7) is 2.10. The molecule has 1 aromatic heterocycles. The minimum Gasteiger partial charge on any atom is -0.264 e. The van der Waals surface area contributed by atoms with Crippen molar-refractivity contribution in [3.63, 3.8) is 0 Å². The van der Waals surface area contributed by atoms with Gasteiger partial charge in [0.05, 0.1) is 0 Å². The van der Waals surface area contributed by atoms with Gasteiger partial charge in [-0.1, -0.05) is 18.2 Å². The lowest BCUT2D eigenvalue weighted by Gasteiger charge is -2.08. The lowest BCUT2D eigenvalue weighted by atomic mass is 9.97. The molecule has 0 aliphatic heterocycles. The molecule has 1 heteroatoms. The van der Waals surface area contributed by atoms with Gasteiger partial charge < -0.3 is 0 Å². The minimum absolute atomic E-state index is 1.22. The third kappa shape index (κ3) is 1.53. The van der Waals surface area contributed by atoms with Crippen LogP contribution in [0.2, 0.25) is 0 Å². The van der Waals surface area contributed by atoms with Crippen molar-refractivity contribution in [1.82, 2.24) is 4.98 Å². The number of aromatic nitrogens is 1. The molecule has 1 aliphatic rings. The van der Waals surface area contributed by atoms with Crippen LogP contribution in [0.4, 0.5) is 0 Å². The molecule has 0 unspecified atom stereocenters. The molecule has 0 atom stereocenters. The van der Waals surface area contributed by atoms with Crippen molar-refractivity contribution in [2.75, 3.05) is 0 Å². The SMILES string of the molecule is Cc1cncc(-c2cccc3c2CCC3)c1. The highest BCUT2D eigenvalue weighted by Gasteiger charge is 2.15. The van der Waals surface area contributed by atoms with Gasteiger partial charge in [-0.05, 0) is 54.5 Å². The van der Waals surface area contributed by atoms with Crippen molar-refractivity contribution >= 4 is 0 Å². The predicted octanol–water partition coefficient (Wildman–Crippen LogP) is 3.55. The summed E-state index contributed by atoms with van der Waals surface area (Å²) in [4.78, 5) is 4.29. The Kier molecular flexibility index (Phi) is 2.24. The zero-order chi connectivity index (χ0) is 11.0. The molecule has 0 bridgehead atoms. The molecule has 0 fully saturated rings. The molecule has 3 rings (SSSR count). The van der Waals surface area contributed by atoms with Crippen LogP contribution in [-0.2, 0) is 12.8 Å². The maximum absolute atomic E-state index is 4.29. The lowest BCUT2D eigenvalue weighted by Crippen LogP contribution is -1.89. The average molecular weight is 209 g/mol. The molecule has 1 aliphatic carbocycles. The molecule has 2 aromatic rings. The molecule has 80 valence electrons. The smallest absolute Gasteiger partial charge is 0.0346 e. The van der Waals surface area contributed by atoms with Crippen LogP contribution in [0.5, 0.6) is 0 Å². The van der Waals surface area contributed by atoms with E-state index in [-0.39, 0.29) is 0 Å². The number of hydrogen-bond donors (Lipinski definition) is 0. The highest BCUT2D eigenvalue weighted by Crippen LogP contribution is 2.32. The Hall–Kier alpha value is -1.63. The first-order valence-electron chi connectivity index (χ1n) is 5.87. The molecule has 0 N–H and O–H groups in total. The summed E-state index contributed by atoms with van der Waals surface area (Å²) < 4.78 is 0. The normalized spacial score (nSPS) is 13.8. The van der Waals surface area contributed by atoms with E-state index in [0.29, 0.717) is 0 Å². The quantitative estimate of drug-likeness (QED) is 0.700. The molecule has 0 amide bonds. The molecule has 1 nitrogen and oxygen atoms in total. The number of fused-ring (bicyclic) bond motifs is 1. The van der Waals surface area contributed by atoms with Crippen LogP contribution >= 0.6 is 0 Å². The molecular weight excluding hydrogens is 194 g/mol. The van der Waals surface area contributed by atoms with E-state index in [4.69, 9.17) is 0 Å². The summed E-state index contributed by atoms with van der Waals surface area (Å²) in [5.74, 6) is 0. The standard InChI is InChI=1S/C15H15N/c1-11-8-13(10-16-9-11)15-7-3-5-12-4-2-6-14(12)15/h3,5,7-10H,2,4,6H2,1H3. The maximum Gasteiger partial charge on any atom is 0.0346 e. The second kappa shape index (κ2) is 3.75. The fourth-order valence-corrected chi connectivity index (χ4v) is 2.59. The second-order valence-corrected chi connectivity index (χ2v) is 4.55. The zero-order valence-electron chi connectivity index (χ0n) is 9.53. The number of nitrogens with zero attached hydrogens (tertiary/aromatic N) is 1. The van der Waals surface area contributed by atoms with Gasteiger partial charge >= 0.3 is 0 Å². The van der Waals surface area contributed by atoms with E-state index in [2.05, 4.69) is 36.2 Å². The maximum atomic E-state index is 4.29. The molecule has 1 aromatic carbocycles. The van der Waals surface area contributed by atoms with Gasteiger partial charge in [0.2, 0.25) is 0 Å². The van der Waals surface area contributed by atoms with Gasteiger partial charge in [0, 0.05) is 18.0 Å². The fourth-order valence-electron chi connectivity index (χ4n) is 2.59. The van der Waals surface area contributed by atoms with Crippen molar-refractivity contribution < 1.29 is 0 Å². The number of hydrogen-bond acceptors (Lipinski definition) is 1. The van der Waals surface area contributed by atoms with Crippen LogP contribution in [0.3, 0.4) is 0 Å². The van der Waals surface area contributed by atoms with Crippen molar-refractivity contribution in [1.29, 1.82) is 0 Å². The molecule has 0 radical (unpaired) electrons. The number of aryl methyl sites for hydroxylation is 2. The van der Waals surface area contributed by atoms with Crippen molar-refractivity contribution in [2.24, 2.45) is 0 Å². The van der Waals surface area contributed by atoms with Gasteiger partial charge in [0.1, 0.15) is 0 Å². The first-order chi connectivity index (χ1) is 7.84. The van der Waals surface area contributed by atoms with Gasteiger partial charge in [0.25, 0.3) is 0 Å². The van der Waals surface area contributed by atoms with Crippen LogP contribution in [0, 0.1) is 6.92 Å². The summed E-state index contributed by atoms with van der Waals surface area (Å²) in [6.07, 6.45) is 7.64. The van der Waals surface area contributed by atoms with E-state index in [9.17, 15) is 0 Å². The third-order valence-corrected chi connectivity index (χ3v) is 3.33. The molecule has 16 heavy (non-hydrogen) atoms. The first-order valence-corrected chi connectivity index (χ1v) is 5.87. The van der Waals surface area contributed by atoms with E-state index in [1.54, 1.807) is 0 Å². The average Bonchev–Trinajstić information content (AvgIpc) is 2.76. The van der Waals surface area contributed by atoms with Crippen LogP contribution in [0.1, 0.15) is 23.1 Å². The third-order valence-electron chi connectivity index (χ3n) is 3.33. The summed E-state index contributed by atoms with van der Waals surface area (Å²) in [7, 11) is 0. The van der Waals surface area contributed by atoms with Crippen LogP contribution in [-0.4, -0.2) is 4.98 Å². The molecule has 0 saturated carbocycles. The highest BCUT2D eigenvalue weighted by molar-refractivity contribution is 5.69. The summed E-state index contributed by atoms with van der Waals surface area (Å²) >= 11 is 0. The van der Waals surface area contributed by atoms with Gasteiger partial charge in [-0.3, -0.25) is 4.98 Å². The topological polar surface area (TPSA) is 12.9 Å². The van der Waals surface area contributed by atoms with Crippen molar-refractivity contribution in [2.45, 2.75) is 26.2 Å². The Morgan fingerprint density at radius 3 is 2.94 bits per heavy atom. The van der Waals surface area contributed by atoms with Gasteiger partial charge in [-0.15, -0.1) is 0 Å². The van der Waals surface area contributed by atoms with Gasteiger partial charge in [0.15, 0.2) is 0 Å². The monoisotopic (exact) mass is 209 g/mol. The lowest BCUT2D eigenvalue weighted by molar-refractivity contribution is 0.912. The van der Waals surface area contributed by atoms with Gasteiger partial charge in [-0.25, -0.2) is 0 Å². The van der Waals surface area contributed by atoms with Crippen LogP contribution < -0.4 is 0 Å².